The number of ether oxygens (including phenoxy) is 1. The van der Waals surface area contributed by atoms with Gasteiger partial charge in [0.25, 0.3) is 5.78 Å². The molecule has 1 aliphatic heterocycles. The maximum atomic E-state index is 13.7. The molecule has 1 N–H and O–H groups in total. The third kappa shape index (κ3) is 4.70. The van der Waals surface area contributed by atoms with Crippen LogP contribution >= 0.6 is 23.1 Å². The molecule has 9 nitrogen and oxygen atoms in total. The Kier molecular flexibility index (Phi) is 7.11. The third-order valence-electron chi connectivity index (χ3n) is 7.64. The van der Waals surface area contributed by atoms with E-state index in [1.165, 1.54) is 33.4 Å². The van der Waals surface area contributed by atoms with Gasteiger partial charge in [0, 0.05) is 11.9 Å². The second-order valence-corrected chi connectivity index (χ2v) is 12.4. The van der Waals surface area contributed by atoms with Crippen LogP contribution in [0.1, 0.15) is 28.6 Å². The number of aliphatic hydroxyl groups is 1. The molecule has 0 aliphatic carbocycles. The van der Waals surface area contributed by atoms with Crippen LogP contribution in [-0.2, 0) is 15.3 Å². The molecule has 1 aliphatic rings. The number of nitrogens with zero attached hydrogens (tertiary/aromatic N) is 5. The Morgan fingerprint density at radius 2 is 1.75 bits per heavy atom. The number of amides is 1. The van der Waals surface area contributed by atoms with Gasteiger partial charge in [-0.25, -0.2) is 4.98 Å². The number of carbonyl (C=O) groups excluding carboxylic acids is 2. The van der Waals surface area contributed by atoms with E-state index in [0.717, 1.165) is 10.9 Å². The summed E-state index contributed by atoms with van der Waals surface area (Å²) in [5, 5.41) is 23.0. The van der Waals surface area contributed by atoms with E-state index in [4.69, 9.17) is 4.74 Å². The Morgan fingerprint density at radius 3 is 2.57 bits per heavy atom. The summed E-state index contributed by atoms with van der Waals surface area (Å²) in [4.78, 5) is 33.3. The number of hydrogen-bond donors (Lipinski definition) is 1. The van der Waals surface area contributed by atoms with E-state index in [0.29, 0.717) is 38.4 Å². The molecule has 0 radical (unpaired) electrons. The number of rotatable bonds is 7. The van der Waals surface area contributed by atoms with Crippen molar-refractivity contribution in [2.24, 2.45) is 0 Å². The SMILES string of the molecule is COc1ccc(C2/C(=C(\O)c3c(C)nc4ccccn34)C(=O)C(=O)N2c2nnc(SCc3cccc4ccccc34)s2)cc1. The fourth-order valence-electron chi connectivity index (χ4n) is 5.57. The van der Waals surface area contributed by atoms with Crippen molar-refractivity contribution < 1.29 is 19.4 Å². The minimum Gasteiger partial charge on any atom is -0.505 e. The highest BCUT2D eigenvalue weighted by molar-refractivity contribution is 8.00. The number of imidazole rings is 1. The summed E-state index contributed by atoms with van der Waals surface area (Å²) in [5.41, 5.74) is 3.20. The van der Waals surface area contributed by atoms with Crippen LogP contribution in [0.5, 0.6) is 5.75 Å². The first-order valence-corrected chi connectivity index (χ1v) is 15.6. The number of benzene rings is 3. The van der Waals surface area contributed by atoms with Crippen molar-refractivity contribution in [1.82, 2.24) is 19.6 Å². The van der Waals surface area contributed by atoms with Gasteiger partial charge in [0.1, 0.15) is 17.1 Å². The minimum atomic E-state index is -0.946. The lowest BCUT2D eigenvalue weighted by Gasteiger charge is -2.22. The fraction of sp³-hybridized carbons (Fsp3) is 0.121. The van der Waals surface area contributed by atoms with E-state index in [-0.39, 0.29) is 16.5 Å². The van der Waals surface area contributed by atoms with Gasteiger partial charge in [-0.3, -0.25) is 18.9 Å². The maximum Gasteiger partial charge on any atom is 0.301 e. The van der Waals surface area contributed by atoms with Crippen LogP contribution in [0, 0.1) is 6.92 Å². The summed E-state index contributed by atoms with van der Waals surface area (Å²) < 4.78 is 7.69. The number of fused-ring (bicyclic) bond motifs is 2. The second kappa shape index (κ2) is 11.3. The van der Waals surface area contributed by atoms with Crippen LogP contribution in [0.4, 0.5) is 5.13 Å². The predicted molar refractivity (Wildman–Crippen MR) is 171 cm³/mol. The molecule has 1 unspecified atom stereocenters. The van der Waals surface area contributed by atoms with Gasteiger partial charge in [-0.05, 0) is 53.1 Å². The molecule has 218 valence electrons. The van der Waals surface area contributed by atoms with E-state index in [1.54, 1.807) is 48.9 Å². The molecule has 1 saturated heterocycles. The molecule has 44 heavy (non-hydrogen) atoms. The third-order valence-corrected chi connectivity index (χ3v) is 9.74. The van der Waals surface area contributed by atoms with Crippen LogP contribution in [0.3, 0.4) is 0 Å². The monoisotopic (exact) mass is 619 g/mol. The highest BCUT2D eigenvalue weighted by Gasteiger charge is 2.49. The summed E-state index contributed by atoms with van der Waals surface area (Å²) in [7, 11) is 1.56. The van der Waals surface area contributed by atoms with E-state index < -0.39 is 17.7 Å². The summed E-state index contributed by atoms with van der Waals surface area (Å²) in [6.07, 6.45) is 1.76. The number of carbonyl (C=O) groups is 2. The van der Waals surface area contributed by atoms with Crippen molar-refractivity contribution >= 4 is 62.1 Å². The molecule has 0 bridgehead atoms. The van der Waals surface area contributed by atoms with E-state index in [9.17, 15) is 14.7 Å². The van der Waals surface area contributed by atoms with Crippen LogP contribution in [0.2, 0.25) is 0 Å². The fourth-order valence-corrected chi connectivity index (χ4v) is 7.45. The Labute approximate surface area is 260 Å². The zero-order chi connectivity index (χ0) is 30.4. The Balaban J connectivity index is 1.29. The van der Waals surface area contributed by atoms with E-state index in [1.807, 2.05) is 36.4 Å². The van der Waals surface area contributed by atoms with Gasteiger partial charge in [-0.15, -0.1) is 10.2 Å². The minimum absolute atomic E-state index is 0.0471. The quantitative estimate of drug-likeness (QED) is 0.0702. The van der Waals surface area contributed by atoms with Crippen molar-refractivity contribution in [2.75, 3.05) is 12.0 Å². The van der Waals surface area contributed by atoms with Gasteiger partial charge in [-0.1, -0.05) is 83.8 Å². The maximum absolute atomic E-state index is 13.7. The number of hydrogen-bond acceptors (Lipinski definition) is 9. The molecule has 4 heterocycles. The first kappa shape index (κ1) is 27.8. The highest BCUT2D eigenvalue weighted by atomic mass is 32.2. The Bertz CT molecular complexity index is 2100. The molecule has 11 heteroatoms. The van der Waals surface area contributed by atoms with Gasteiger partial charge in [0.05, 0.1) is 24.4 Å². The summed E-state index contributed by atoms with van der Waals surface area (Å²) in [6, 6.07) is 26.0. The number of aromatic nitrogens is 4. The van der Waals surface area contributed by atoms with Crippen molar-refractivity contribution in [1.29, 1.82) is 0 Å². The average molecular weight is 620 g/mol. The molecule has 0 saturated carbocycles. The second-order valence-electron chi connectivity index (χ2n) is 10.2. The predicted octanol–water partition coefficient (Wildman–Crippen LogP) is 6.57. The Morgan fingerprint density at radius 1 is 0.977 bits per heavy atom. The van der Waals surface area contributed by atoms with E-state index in [2.05, 4.69) is 39.4 Å². The molecule has 0 spiro atoms. The number of aliphatic hydroxyl groups excluding tert-OH is 1. The molecule has 1 atom stereocenters. The van der Waals surface area contributed by atoms with Gasteiger partial charge in [-0.2, -0.15) is 0 Å². The lowest BCUT2D eigenvalue weighted by molar-refractivity contribution is -0.132. The van der Waals surface area contributed by atoms with Crippen LogP contribution < -0.4 is 9.64 Å². The number of pyridine rings is 1. The summed E-state index contributed by atoms with van der Waals surface area (Å²) in [5.74, 6) is -0.636. The average Bonchev–Trinajstić information content (AvgIpc) is 3.73. The van der Waals surface area contributed by atoms with Crippen molar-refractivity contribution in [2.45, 2.75) is 23.1 Å². The molecular formula is C33H25N5O4S2. The summed E-state index contributed by atoms with van der Waals surface area (Å²) >= 11 is 2.74. The molecular weight excluding hydrogens is 595 g/mol. The van der Waals surface area contributed by atoms with Crippen LogP contribution in [-0.4, -0.2) is 43.5 Å². The topological polar surface area (TPSA) is 110 Å². The standard InChI is InChI=1S/C33H25N5O4S2/c1-19-27(37-17-6-5-12-25(37)34-19)29(39)26-28(21-13-15-23(42-2)16-14-21)38(31(41)30(26)40)32-35-36-33(44-32)43-18-22-10-7-9-20-8-3-4-11-24(20)22/h3-17,28,39H,18H2,1-2H3/b29-26+. The molecule has 3 aromatic heterocycles. The number of ketones is 1. The number of Topliss-reactive ketones (excluding diaryl/α,β-unsaturated/α-hetero) is 1. The molecule has 6 aromatic rings. The van der Waals surface area contributed by atoms with Crippen molar-refractivity contribution in [3.05, 3.63) is 119 Å². The van der Waals surface area contributed by atoms with Crippen molar-refractivity contribution in [3.8, 4) is 5.75 Å². The molecule has 1 fully saturated rings. The number of aryl methyl sites for hydroxylation is 1. The van der Waals surface area contributed by atoms with Crippen molar-refractivity contribution in [3.63, 3.8) is 0 Å². The van der Waals surface area contributed by atoms with Gasteiger partial charge in [0.2, 0.25) is 5.13 Å². The molecule has 7 rings (SSSR count). The molecule has 1 amide bonds. The lowest BCUT2D eigenvalue weighted by Crippen LogP contribution is -2.29. The first-order valence-electron chi connectivity index (χ1n) is 13.8. The number of methoxy groups -OCH3 is 1. The van der Waals surface area contributed by atoms with E-state index >= 15 is 0 Å². The molecule has 3 aromatic carbocycles. The van der Waals surface area contributed by atoms with Gasteiger partial charge in [0.15, 0.2) is 10.1 Å². The number of anilines is 1. The van der Waals surface area contributed by atoms with Crippen LogP contribution in [0.25, 0.3) is 22.2 Å². The highest BCUT2D eigenvalue weighted by Crippen LogP contribution is 2.44. The largest absolute Gasteiger partial charge is 0.505 e. The first-order chi connectivity index (χ1) is 21.4. The van der Waals surface area contributed by atoms with Gasteiger partial charge < -0.3 is 9.84 Å². The zero-order valence-electron chi connectivity index (χ0n) is 23.7. The normalized spacial score (nSPS) is 16.3. The smallest absolute Gasteiger partial charge is 0.301 e. The van der Waals surface area contributed by atoms with Crippen LogP contribution in [0.15, 0.2) is 101 Å². The summed E-state index contributed by atoms with van der Waals surface area (Å²) in [6.45, 7) is 1.75. The zero-order valence-corrected chi connectivity index (χ0v) is 25.3. The number of thioether (sulfide) groups is 1. The van der Waals surface area contributed by atoms with Gasteiger partial charge >= 0.3 is 5.91 Å². The Hall–Kier alpha value is -5.00. The lowest BCUT2D eigenvalue weighted by atomic mass is 9.96.